The van der Waals surface area contributed by atoms with Gasteiger partial charge in [-0.1, -0.05) is 0 Å². The fourth-order valence-electron chi connectivity index (χ4n) is 4.06. The molecule has 2 fully saturated rings. The van der Waals surface area contributed by atoms with Crippen molar-refractivity contribution in [3.8, 4) is 5.75 Å². The highest BCUT2D eigenvalue weighted by molar-refractivity contribution is 5.97. The van der Waals surface area contributed by atoms with Crippen LogP contribution in [-0.4, -0.2) is 77.6 Å². The molecule has 4 N–H and O–H groups in total. The van der Waals surface area contributed by atoms with Gasteiger partial charge in [-0.25, -0.2) is 9.18 Å². The van der Waals surface area contributed by atoms with Gasteiger partial charge in [0.25, 0.3) is 0 Å². The number of β-amino-alcohol motifs (C(OH)–C–C–N with tert-alkyl or cyclic N) is 1. The number of pyridine rings is 1. The van der Waals surface area contributed by atoms with Crippen molar-refractivity contribution in [2.75, 3.05) is 51.3 Å². The lowest BCUT2D eigenvalue weighted by Gasteiger charge is -2.36. The second-order valence-electron chi connectivity index (χ2n) is 7.50. The molecule has 1 aromatic carbocycles. The fourth-order valence-corrected chi connectivity index (χ4v) is 4.06. The number of piperazine rings is 1. The van der Waals surface area contributed by atoms with Gasteiger partial charge in [0, 0.05) is 45.0 Å². The van der Waals surface area contributed by atoms with E-state index in [-0.39, 0.29) is 34.8 Å². The Hall–Kier alpha value is -2.69. The number of halogens is 1. The second kappa shape index (κ2) is 8.58. The molecule has 10 heteroatoms. The number of carbonyl (C=O) groups is 1. The summed E-state index contributed by atoms with van der Waals surface area (Å²) in [5.41, 5.74) is -0.336. The number of hydrogen-bond donors (Lipinski definition) is 2. The van der Waals surface area contributed by atoms with Crippen molar-refractivity contribution in [2.45, 2.75) is 18.9 Å². The van der Waals surface area contributed by atoms with Crippen molar-refractivity contribution in [3.05, 3.63) is 33.9 Å². The third kappa shape index (κ3) is 3.73. The SMILES string of the molecule is COc1c(N2CCN(CCO)CC2)c(F)cc2c(=O)c(C(=O)O)cn(C3CC3)c12.O. The van der Waals surface area contributed by atoms with E-state index in [9.17, 15) is 14.7 Å². The van der Waals surface area contributed by atoms with Crippen LogP contribution in [0.15, 0.2) is 17.1 Å². The minimum Gasteiger partial charge on any atom is -0.492 e. The minimum absolute atomic E-state index is 0. The topological polar surface area (TPSA) is 127 Å². The molecule has 0 radical (unpaired) electrons. The summed E-state index contributed by atoms with van der Waals surface area (Å²) in [6, 6.07) is 1.21. The third-order valence-corrected chi connectivity index (χ3v) is 5.68. The van der Waals surface area contributed by atoms with Crippen molar-refractivity contribution in [2.24, 2.45) is 0 Å². The molecule has 1 saturated carbocycles. The molecule has 4 rings (SSSR count). The van der Waals surface area contributed by atoms with E-state index in [2.05, 4.69) is 4.90 Å². The number of carboxylic acid groups (broad SMARTS) is 1. The summed E-state index contributed by atoms with van der Waals surface area (Å²) in [5.74, 6) is -1.67. The molecule has 1 aliphatic carbocycles. The van der Waals surface area contributed by atoms with Crippen LogP contribution in [0.4, 0.5) is 10.1 Å². The lowest BCUT2D eigenvalue weighted by molar-refractivity contribution is 0.0694. The lowest BCUT2D eigenvalue weighted by Crippen LogP contribution is -2.47. The van der Waals surface area contributed by atoms with Crippen molar-refractivity contribution in [3.63, 3.8) is 0 Å². The molecule has 0 bridgehead atoms. The largest absolute Gasteiger partial charge is 0.492 e. The standard InChI is InChI=1S/C20H24FN3O5.H2O/c1-29-19-16-13(18(26)14(20(27)28)11-24(16)12-2-3-12)10-15(21)17(19)23-6-4-22(5-7-23)8-9-25;/h10-12,25H,2-9H2,1H3,(H,27,28);1H2. The van der Waals surface area contributed by atoms with E-state index in [0.717, 1.165) is 18.9 Å². The number of anilines is 1. The molecular weight excluding hydrogens is 397 g/mol. The zero-order chi connectivity index (χ0) is 20.7. The number of benzene rings is 1. The summed E-state index contributed by atoms with van der Waals surface area (Å²) in [7, 11) is 1.44. The first-order chi connectivity index (χ1) is 14.0. The van der Waals surface area contributed by atoms with Gasteiger partial charge in [-0.15, -0.1) is 0 Å². The van der Waals surface area contributed by atoms with Gasteiger partial charge in [0.05, 0.1) is 24.6 Å². The van der Waals surface area contributed by atoms with Gasteiger partial charge in [-0.2, -0.15) is 0 Å². The van der Waals surface area contributed by atoms with Crippen molar-refractivity contribution >= 4 is 22.6 Å². The van der Waals surface area contributed by atoms with Gasteiger partial charge in [-0.05, 0) is 18.9 Å². The molecule has 0 atom stereocenters. The predicted octanol–water partition coefficient (Wildman–Crippen LogP) is 0.472. The summed E-state index contributed by atoms with van der Waals surface area (Å²) in [6.45, 7) is 3.11. The van der Waals surface area contributed by atoms with E-state index in [4.69, 9.17) is 9.84 Å². The van der Waals surface area contributed by atoms with Crippen LogP contribution in [0.5, 0.6) is 5.75 Å². The molecule has 0 unspecified atom stereocenters. The minimum atomic E-state index is -1.32. The smallest absolute Gasteiger partial charge is 0.341 e. The Morgan fingerprint density at radius 3 is 2.47 bits per heavy atom. The Morgan fingerprint density at radius 1 is 1.27 bits per heavy atom. The maximum Gasteiger partial charge on any atom is 0.341 e. The Kier molecular flexibility index (Phi) is 6.30. The predicted molar refractivity (Wildman–Crippen MR) is 109 cm³/mol. The Balaban J connectivity index is 0.00000256. The summed E-state index contributed by atoms with van der Waals surface area (Å²) in [5, 5.41) is 18.5. The van der Waals surface area contributed by atoms with Crippen LogP contribution in [0.2, 0.25) is 0 Å². The summed E-state index contributed by atoms with van der Waals surface area (Å²) < 4.78 is 22.5. The normalized spacial score (nSPS) is 17.1. The highest BCUT2D eigenvalue weighted by atomic mass is 19.1. The molecule has 2 aliphatic rings. The van der Waals surface area contributed by atoms with Crippen molar-refractivity contribution < 1.29 is 29.6 Å². The summed E-state index contributed by atoms with van der Waals surface area (Å²) in [6.07, 6.45) is 3.09. The molecule has 9 nitrogen and oxygen atoms in total. The number of carboxylic acids is 1. The van der Waals surface area contributed by atoms with Gasteiger partial charge in [0.2, 0.25) is 5.43 Å². The van der Waals surface area contributed by atoms with Gasteiger partial charge < -0.3 is 29.9 Å². The number of aliphatic hydroxyl groups is 1. The van der Waals surface area contributed by atoms with Gasteiger partial charge in [0.1, 0.15) is 11.3 Å². The average molecular weight is 423 g/mol. The Labute approximate surface area is 172 Å². The first kappa shape index (κ1) is 22.0. The van der Waals surface area contributed by atoms with E-state index < -0.39 is 17.2 Å². The van der Waals surface area contributed by atoms with E-state index >= 15 is 4.39 Å². The second-order valence-corrected chi connectivity index (χ2v) is 7.50. The molecule has 1 saturated heterocycles. The molecular formula is C20H26FN3O6. The van der Waals surface area contributed by atoms with Crippen LogP contribution in [0.3, 0.4) is 0 Å². The third-order valence-electron chi connectivity index (χ3n) is 5.68. The lowest BCUT2D eigenvalue weighted by atomic mass is 10.1. The zero-order valence-corrected chi connectivity index (χ0v) is 16.7. The monoisotopic (exact) mass is 423 g/mol. The van der Waals surface area contributed by atoms with Crippen LogP contribution in [0.25, 0.3) is 10.9 Å². The molecule has 0 amide bonds. The summed E-state index contributed by atoms with van der Waals surface area (Å²) in [4.78, 5) is 28.2. The molecule has 1 aliphatic heterocycles. The first-order valence-corrected chi connectivity index (χ1v) is 9.73. The number of fused-ring (bicyclic) bond motifs is 1. The highest BCUT2D eigenvalue weighted by Crippen LogP contribution is 2.43. The van der Waals surface area contributed by atoms with E-state index in [1.807, 2.05) is 4.90 Å². The van der Waals surface area contributed by atoms with Crippen LogP contribution >= 0.6 is 0 Å². The van der Waals surface area contributed by atoms with E-state index in [1.165, 1.54) is 13.3 Å². The van der Waals surface area contributed by atoms with E-state index in [0.29, 0.717) is 43.9 Å². The highest BCUT2D eigenvalue weighted by Gasteiger charge is 2.32. The number of aromatic nitrogens is 1. The number of hydrogen-bond acceptors (Lipinski definition) is 6. The average Bonchev–Trinajstić information content (AvgIpc) is 3.54. The maximum atomic E-state index is 15.2. The molecule has 30 heavy (non-hydrogen) atoms. The first-order valence-electron chi connectivity index (χ1n) is 9.73. The van der Waals surface area contributed by atoms with Gasteiger partial charge >= 0.3 is 5.97 Å². The molecule has 0 spiro atoms. The summed E-state index contributed by atoms with van der Waals surface area (Å²) >= 11 is 0. The zero-order valence-electron chi connectivity index (χ0n) is 16.7. The number of methoxy groups -OCH3 is 1. The number of aromatic carboxylic acids is 1. The number of aliphatic hydroxyl groups excluding tert-OH is 1. The fraction of sp³-hybridized carbons (Fsp3) is 0.500. The number of rotatable bonds is 6. The van der Waals surface area contributed by atoms with Crippen LogP contribution in [0, 0.1) is 5.82 Å². The van der Waals surface area contributed by atoms with Crippen LogP contribution < -0.4 is 15.1 Å². The van der Waals surface area contributed by atoms with E-state index in [1.54, 1.807) is 4.57 Å². The molecule has 2 heterocycles. The van der Waals surface area contributed by atoms with Gasteiger partial charge in [-0.3, -0.25) is 9.69 Å². The van der Waals surface area contributed by atoms with Crippen molar-refractivity contribution in [1.82, 2.24) is 9.47 Å². The molecule has 164 valence electrons. The van der Waals surface area contributed by atoms with Gasteiger partial charge in [0.15, 0.2) is 11.6 Å². The van der Waals surface area contributed by atoms with Crippen LogP contribution in [-0.2, 0) is 0 Å². The number of nitrogens with zero attached hydrogens (tertiary/aromatic N) is 3. The Morgan fingerprint density at radius 2 is 1.93 bits per heavy atom. The molecule has 1 aromatic heterocycles. The number of ether oxygens (including phenoxy) is 1. The Bertz CT molecular complexity index is 1010. The van der Waals surface area contributed by atoms with Crippen LogP contribution in [0.1, 0.15) is 29.2 Å². The molecule has 2 aromatic rings. The quantitative estimate of drug-likeness (QED) is 0.692. The maximum absolute atomic E-state index is 15.2. The van der Waals surface area contributed by atoms with Crippen molar-refractivity contribution in [1.29, 1.82) is 0 Å².